The van der Waals surface area contributed by atoms with Gasteiger partial charge in [-0.1, -0.05) is 30.3 Å². The van der Waals surface area contributed by atoms with E-state index in [4.69, 9.17) is 4.42 Å². The lowest BCUT2D eigenvalue weighted by Gasteiger charge is -2.18. The summed E-state index contributed by atoms with van der Waals surface area (Å²) in [6, 6.07) is 10.3. The first-order valence-electron chi connectivity index (χ1n) is 4.99. The van der Waals surface area contributed by atoms with Gasteiger partial charge < -0.3 is 9.64 Å². The number of benzene rings is 1. The molecule has 3 heteroatoms. The maximum atomic E-state index is 5.08. The van der Waals surface area contributed by atoms with Gasteiger partial charge in [0.15, 0.2) is 0 Å². The molecule has 1 aliphatic heterocycles. The number of hydrogen-bond acceptors (Lipinski definition) is 2. The summed E-state index contributed by atoms with van der Waals surface area (Å²) < 4.78 is 5.08. The molecule has 0 bridgehead atoms. The highest BCUT2D eigenvalue weighted by molar-refractivity contribution is 6.81. The van der Waals surface area contributed by atoms with Crippen molar-refractivity contribution in [3.63, 3.8) is 0 Å². The molecule has 1 aliphatic rings. The van der Waals surface area contributed by atoms with Crippen LogP contribution in [0.15, 0.2) is 53.3 Å². The number of nitrogens with one attached hydrogen (secondary N) is 1. The van der Waals surface area contributed by atoms with Crippen LogP contribution in [0.25, 0.3) is 6.08 Å². The van der Waals surface area contributed by atoms with Gasteiger partial charge in [-0.3, -0.25) is 0 Å². The van der Waals surface area contributed by atoms with E-state index in [-0.39, 0.29) is 6.85 Å². The highest BCUT2D eigenvalue weighted by Crippen LogP contribution is 2.20. The van der Waals surface area contributed by atoms with Gasteiger partial charge in [0.1, 0.15) is 0 Å². The third kappa shape index (κ3) is 1.46. The summed E-state index contributed by atoms with van der Waals surface area (Å²) in [5, 5.41) is 3.45. The number of anilines is 1. The third-order valence-corrected chi connectivity index (χ3v) is 2.64. The van der Waals surface area contributed by atoms with Gasteiger partial charge in [0.05, 0.1) is 12.5 Å². The molecule has 2 aromatic rings. The summed E-state index contributed by atoms with van der Waals surface area (Å²) in [5.74, 6) is 2.15. The van der Waals surface area contributed by atoms with E-state index in [0.29, 0.717) is 0 Å². The van der Waals surface area contributed by atoms with Gasteiger partial charge >= 0.3 is 6.85 Å². The number of hydrogen-bond donors (Lipinski definition) is 1. The minimum Gasteiger partial charge on any atom is -0.473 e. The minimum absolute atomic E-state index is 0.221. The van der Waals surface area contributed by atoms with Crippen LogP contribution in [0.5, 0.6) is 0 Å². The SMILES string of the molecule is C1=Cc2ccccc2NB1c1ccoc1. The maximum Gasteiger partial charge on any atom is 0.316 e. The molecule has 1 aromatic carbocycles. The van der Waals surface area contributed by atoms with Crippen LogP contribution in [-0.4, -0.2) is 6.85 Å². The molecule has 0 unspecified atom stereocenters. The Bertz CT molecular complexity index is 490. The van der Waals surface area contributed by atoms with Crippen molar-refractivity contribution in [2.24, 2.45) is 0 Å². The second-order valence-electron chi connectivity index (χ2n) is 3.63. The Morgan fingerprint density at radius 3 is 2.93 bits per heavy atom. The van der Waals surface area contributed by atoms with Gasteiger partial charge in [0.2, 0.25) is 0 Å². The third-order valence-electron chi connectivity index (χ3n) is 2.64. The molecule has 0 atom stereocenters. The maximum absolute atomic E-state index is 5.08. The monoisotopic (exact) mass is 195 g/mol. The van der Waals surface area contributed by atoms with Gasteiger partial charge in [-0.2, -0.15) is 0 Å². The van der Waals surface area contributed by atoms with Crippen molar-refractivity contribution in [3.05, 3.63) is 54.4 Å². The van der Waals surface area contributed by atoms with E-state index < -0.39 is 0 Å². The van der Waals surface area contributed by atoms with Crippen molar-refractivity contribution >= 4 is 24.1 Å². The molecule has 0 spiro atoms. The van der Waals surface area contributed by atoms with Gasteiger partial charge in [0.25, 0.3) is 0 Å². The fraction of sp³-hybridized carbons (Fsp3) is 0. The predicted octanol–water partition coefficient (Wildman–Crippen LogP) is 2.16. The molecular formula is C12H10BNO. The molecule has 72 valence electrons. The van der Waals surface area contributed by atoms with Crippen LogP contribution in [0.1, 0.15) is 5.56 Å². The Hall–Kier alpha value is -1.90. The Labute approximate surface area is 88.7 Å². The molecule has 2 heterocycles. The van der Waals surface area contributed by atoms with E-state index in [0.717, 1.165) is 5.46 Å². The Balaban J connectivity index is 1.96. The van der Waals surface area contributed by atoms with Gasteiger partial charge in [-0.25, -0.2) is 0 Å². The van der Waals surface area contributed by atoms with Crippen LogP contribution < -0.4 is 10.7 Å². The molecule has 0 amide bonds. The van der Waals surface area contributed by atoms with E-state index in [1.165, 1.54) is 11.3 Å². The highest BCUT2D eigenvalue weighted by atomic mass is 16.3. The lowest BCUT2D eigenvalue weighted by molar-refractivity contribution is 0.569. The largest absolute Gasteiger partial charge is 0.473 e. The summed E-state index contributed by atoms with van der Waals surface area (Å²) >= 11 is 0. The molecule has 15 heavy (non-hydrogen) atoms. The predicted molar refractivity (Wildman–Crippen MR) is 63.2 cm³/mol. The minimum atomic E-state index is 0.221. The number of para-hydroxylation sites is 1. The van der Waals surface area contributed by atoms with Crippen LogP contribution in [0.4, 0.5) is 5.69 Å². The van der Waals surface area contributed by atoms with E-state index in [1.807, 2.05) is 18.2 Å². The van der Waals surface area contributed by atoms with E-state index in [2.05, 4.69) is 29.4 Å². The summed E-state index contributed by atoms with van der Waals surface area (Å²) in [5.41, 5.74) is 3.56. The average molecular weight is 195 g/mol. The molecule has 2 nitrogen and oxygen atoms in total. The second-order valence-corrected chi connectivity index (χ2v) is 3.63. The van der Waals surface area contributed by atoms with Crippen LogP contribution in [0, 0.1) is 0 Å². The van der Waals surface area contributed by atoms with Crippen molar-refractivity contribution in [3.8, 4) is 0 Å². The summed E-state index contributed by atoms with van der Waals surface area (Å²) in [6.07, 6.45) is 5.62. The first-order chi connectivity index (χ1) is 7.43. The van der Waals surface area contributed by atoms with Crippen molar-refractivity contribution in [1.82, 2.24) is 0 Å². The molecular weight excluding hydrogens is 185 g/mol. The molecule has 0 radical (unpaired) electrons. The molecule has 0 saturated carbocycles. The lowest BCUT2D eigenvalue weighted by atomic mass is 9.55. The second kappa shape index (κ2) is 3.35. The molecule has 1 N–H and O–H groups in total. The van der Waals surface area contributed by atoms with Crippen molar-refractivity contribution in [1.29, 1.82) is 0 Å². The quantitative estimate of drug-likeness (QED) is 0.705. The lowest BCUT2D eigenvalue weighted by Crippen LogP contribution is -2.37. The number of fused-ring (bicyclic) bond motifs is 1. The molecule has 0 saturated heterocycles. The molecule has 0 aliphatic carbocycles. The average Bonchev–Trinajstić information content (AvgIpc) is 2.82. The van der Waals surface area contributed by atoms with E-state index in [1.54, 1.807) is 12.5 Å². The first kappa shape index (κ1) is 8.42. The Morgan fingerprint density at radius 1 is 1.13 bits per heavy atom. The fourth-order valence-electron chi connectivity index (χ4n) is 1.84. The van der Waals surface area contributed by atoms with Crippen LogP contribution in [0.3, 0.4) is 0 Å². The normalized spacial score (nSPS) is 13.5. The van der Waals surface area contributed by atoms with Crippen LogP contribution in [-0.2, 0) is 0 Å². The zero-order valence-corrected chi connectivity index (χ0v) is 8.18. The van der Waals surface area contributed by atoms with Crippen molar-refractivity contribution < 1.29 is 4.42 Å². The van der Waals surface area contributed by atoms with Crippen molar-refractivity contribution in [2.75, 3.05) is 5.23 Å². The topological polar surface area (TPSA) is 25.2 Å². The Kier molecular flexibility index (Phi) is 1.88. The molecule has 0 fully saturated rings. The van der Waals surface area contributed by atoms with Gasteiger partial charge in [0, 0.05) is 5.69 Å². The summed E-state index contributed by atoms with van der Waals surface area (Å²) in [7, 11) is 0. The molecule has 1 aromatic heterocycles. The van der Waals surface area contributed by atoms with Gasteiger partial charge in [-0.05, 0) is 23.2 Å². The zero-order chi connectivity index (χ0) is 10.1. The van der Waals surface area contributed by atoms with E-state index >= 15 is 0 Å². The summed E-state index contributed by atoms with van der Waals surface area (Å²) in [4.78, 5) is 0. The summed E-state index contributed by atoms with van der Waals surface area (Å²) in [6.45, 7) is 0.221. The highest BCUT2D eigenvalue weighted by Gasteiger charge is 2.19. The smallest absolute Gasteiger partial charge is 0.316 e. The zero-order valence-electron chi connectivity index (χ0n) is 8.18. The van der Waals surface area contributed by atoms with Crippen molar-refractivity contribution in [2.45, 2.75) is 0 Å². The van der Waals surface area contributed by atoms with Crippen LogP contribution in [0.2, 0.25) is 0 Å². The number of rotatable bonds is 1. The van der Waals surface area contributed by atoms with Gasteiger partial charge in [-0.15, -0.1) is 0 Å². The number of furan rings is 1. The van der Waals surface area contributed by atoms with Crippen LogP contribution >= 0.6 is 0 Å². The fourth-order valence-corrected chi connectivity index (χ4v) is 1.84. The molecule has 3 rings (SSSR count). The Morgan fingerprint density at radius 2 is 2.07 bits per heavy atom. The van der Waals surface area contributed by atoms with E-state index in [9.17, 15) is 0 Å². The first-order valence-corrected chi connectivity index (χ1v) is 4.99. The standard InChI is InChI=1S/C12H10BNO/c1-2-4-12-10(3-1)5-7-13(14-12)11-6-8-15-9-11/h1-9,14H.